The quantitative estimate of drug-likeness (QED) is 0.0650. The normalized spacial score (nSPS) is 25.7. The molecule has 2 saturated heterocycles. The molecule has 2 heterocycles. The molecule has 0 aromatic heterocycles. The summed E-state index contributed by atoms with van der Waals surface area (Å²) in [6.07, 6.45) is -11.2. The number of aliphatic carboxylic acids is 1. The van der Waals surface area contributed by atoms with Gasteiger partial charge >= 0.3 is 16.4 Å². The zero-order valence-corrected chi connectivity index (χ0v) is 29.9. The predicted octanol–water partition coefficient (Wildman–Crippen LogP) is -7.38. The van der Waals surface area contributed by atoms with Crippen molar-refractivity contribution in [1.29, 1.82) is 0 Å². The van der Waals surface area contributed by atoms with Gasteiger partial charge in [0, 0.05) is 19.0 Å². The fourth-order valence-electron chi connectivity index (χ4n) is 6.17. The molecule has 55 heavy (non-hydrogen) atoms. The van der Waals surface area contributed by atoms with E-state index in [1.165, 1.54) is 6.92 Å². The molecule has 4 amide bonds. The fourth-order valence-corrected chi connectivity index (χ4v) is 6.53. The van der Waals surface area contributed by atoms with Gasteiger partial charge < -0.3 is 77.4 Å². The van der Waals surface area contributed by atoms with Gasteiger partial charge in [-0.05, 0) is 31.0 Å². The highest BCUT2D eigenvalue weighted by atomic mass is 32.3. The van der Waals surface area contributed by atoms with Crippen LogP contribution in [0.15, 0.2) is 18.2 Å². The summed E-state index contributed by atoms with van der Waals surface area (Å²) in [4.78, 5) is 79.6. The number of likely N-dealkylation sites (tertiary alicyclic amines) is 1. The highest BCUT2D eigenvalue weighted by Gasteiger charge is 2.55. The lowest BCUT2D eigenvalue weighted by Gasteiger charge is -2.39. The van der Waals surface area contributed by atoms with Gasteiger partial charge in [-0.15, -0.1) is 0 Å². The van der Waals surface area contributed by atoms with E-state index in [0.717, 1.165) is 13.0 Å². The van der Waals surface area contributed by atoms with E-state index >= 15 is 0 Å². The van der Waals surface area contributed by atoms with Gasteiger partial charge in [-0.25, -0.2) is 4.79 Å². The number of hydrogen-bond donors (Lipinski definition) is 14. The summed E-state index contributed by atoms with van der Waals surface area (Å²) in [6, 6.07) is -8.59. The highest BCUT2D eigenvalue weighted by molar-refractivity contribution is 7.81. The van der Waals surface area contributed by atoms with E-state index in [4.69, 9.17) is 11.5 Å². The first-order valence-corrected chi connectivity index (χ1v) is 17.8. The summed E-state index contributed by atoms with van der Waals surface area (Å²) in [5.74, 6) is -12.0. The molecule has 0 aliphatic carbocycles. The number of Topliss-reactive ketones (excluding diaryl/α,β-unsaturated/α-hetero) is 1. The monoisotopic (exact) mass is 808 g/mol. The Bertz CT molecular complexity index is 1760. The number of aliphatic hydroxyl groups excluding tert-OH is 5. The minimum Gasteiger partial charge on any atom is -0.504 e. The van der Waals surface area contributed by atoms with Crippen molar-refractivity contribution in [2.24, 2.45) is 17.4 Å². The summed E-state index contributed by atoms with van der Waals surface area (Å²) in [6.45, 7) is 1.73. The van der Waals surface area contributed by atoms with Crippen molar-refractivity contribution in [2.45, 2.75) is 93.0 Å². The number of aliphatic hydroxyl groups is 6. The number of rotatable bonds is 17. The number of phenolic OH excluding ortho intramolecular Hbond substituents is 1. The Balaban J connectivity index is 2.23. The van der Waals surface area contributed by atoms with E-state index in [1.807, 2.05) is 10.6 Å². The number of phenols is 1. The van der Waals surface area contributed by atoms with Crippen molar-refractivity contribution in [1.82, 2.24) is 20.9 Å². The van der Waals surface area contributed by atoms with Gasteiger partial charge in [0.25, 0.3) is 0 Å². The van der Waals surface area contributed by atoms with Crippen LogP contribution in [0.25, 0.3) is 0 Å². The molecule has 2 fully saturated rings. The Kier molecular flexibility index (Phi) is 14.2. The fraction of sp³-hybridized carbons (Fsp3) is 0.600. The van der Waals surface area contributed by atoms with Crippen molar-refractivity contribution in [3.8, 4) is 11.5 Å². The second-order valence-electron chi connectivity index (χ2n) is 13.3. The molecule has 0 spiro atoms. The molecule has 0 radical (unpaired) electrons. The number of carbonyl (C=O) groups excluding carboxylic acids is 5. The van der Waals surface area contributed by atoms with E-state index < -0.39 is 154 Å². The molecule has 2 aliphatic heterocycles. The zero-order chi connectivity index (χ0) is 41.9. The molecule has 3 rings (SSSR count). The molecular formula is C30H44N6O18S. The van der Waals surface area contributed by atoms with Gasteiger partial charge in [-0.1, -0.05) is 13.0 Å². The molecule has 0 bridgehead atoms. The Labute approximate surface area is 312 Å². The van der Waals surface area contributed by atoms with Crippen molar-refractivity contribution < 1.29 is 86.8 Å². The molecule has 12 atom stereocenters. The largest absolute Gasteiger partial charge is 0.504 e. The molecule has 1 aromatic carbocycles. The third kappa shape index (κ3) is 10.2. The van der Waals surface area contributed by atoms with Crippen LogP contribution in [0.2, 0.25) is 0 Å². The standard InChI is InChI=1S/C30H44N6O18S/c1-10-9-36(22(23(10)42)29(48)49)28(47)20(16(40)7-18(31)41)34-27(46)21(35-26(45)19(32)11(2)37)25(44)30(50,24(43)14-6-13(38)8-33-14)12-3-4-15(39)17(5-12)54-55(51,52)53/h3-5,10-11,13-14,16,19-23,25,33,37-40,42,44,50H,6-9,32H2,1-2H3,(H2,31,41)(H,34,46)(H,35,45)(H,48,49)(H,51,52,53)/t10?,11-,13-,14+,16?,19+,20+,21+,22+,23?,25+,30?/m1/s1. The van der Waals surface area contributed by atoms with E-state index in [2.05, 4.69) is 9.50 Å². The summed E-state index contributed by atoms with van der Waals surface area (Å²) in [5, 5.41) is 91.8. The predicted molar refractivity (Wildman–Crippen MR) is 179 cm³/mol. The first-order chi connectivity index (χ1) is 25.3. The smallest absolute Gasteiger partial charge is 0.446 e. The molecule has 0 saturated carbocycles. The third-order valence-electron chi connectivity index (χ3n) is 9.16. The average Bonchev–Trinajstić information content (AvgIpc) is 3.65. The number of primary amides is 1. The topological polar surface area (TPSA) is 419 Å². The molecule has 25 heteroatoms. The SMILES string of the molecule is CC1CN(C(=O)[C@@H](NC(=O)[C@@H](NC(=O)[C@@H](N)[C@@H](C)O)[C@H](O)C(O)(C(=O)[C@@H]2C[C@@H](O)CN2)c2ccc(O)c(OS(=O)(=O)O)c2)C(O)CC(N)=O)[C@H](C(=O)O)C1O. The van der Waals surface area contributed by atoms with Gasteiger partial charge in [-0.3, -0.25) is 28.5 Å². The minimum atomic E-state index is -5.39. The van der Waals surface area contributed by atoms with Crippen LogP contribution in [0.1, 0.15) is 32.3 Å². The number of carboxylic acids is 1. The first-order valence-electron chi connectivity index (χ1n) is 16.4. The zero-order valence-electron chi connectivity index (χ0n) is 29.1. The van der Waals surface area contributed by atoms with Crippen molar-refractivity contribution in [3.05, 3.63) is 23.8 Å². The van der Waals surface area contributed by atoms with Gasteiger partial charge in [0.1, 0.15) is 24.2 Å². The van der Waals surface area contributed by atoms with Crippen LogP contribution in [0.5, 0.6) is 11.5 Å². The molecule has 24 nitrogen and oxygen atoms in total. The van der Waals surface area contributed by atoms with Crippen LogP contribution in [0.3, 0.4) is 0 Å². The number of carboxylic acid groups (broad SMARTS) is 1. The van der Waals surface area contributed by atoms with Crippen LogP contribution >= 0.6 is 0 Å². The number of carbonyl (C=O) groups is 6. The van der Waals surface area contributed by atoms with E-state index in [0.29, 0.717) is 17.0 Å². The number of amides is 4. The van der Waals surface area contributed by atoms with Crippen LogP contribution in [0.4, 0.5) is 0 Å². The molecule has 4 unspecified atom stereocenters. The number of ketones is 1. The maximum absolute atomic E-state index is 14.2. The van der Waals surface area contributed by atoms with Crippen LogP contribution in [-0.4, -0.2) is 168 Å². The number of aromatic hydroxyl groups is 1. The third-order valence-corrected chi connectivity index (χ3v) is 9.55. The van der Waals surface area contributed by atoms with Crippen molar-refractivity contribution >= 4 is 45.8 Å². The molecular weight excluding hydrogens is 764 g/mol. The Morgan fingerprint density at radius 1 is 1.07 bits per heavy atom. The number of benzene rings is 1. The number of hydrogen-bond acceptors (Lipinski definition) is 18. The van der Waals surface area contributed by atoms with Crippen LogP contribution < -0.4 is 31.6 Å². The molecule has 308 valence electrons. The summed E-state index contributed by atoms with van der Waals surface area (Å²) < 4.78 is 36.5. The average molecular weight is 809 g/mol. The summed E-state index contributed by atoms with van der Waals surface area (Å²) in [5.41, 5.74) is 6.48. The maximum atomic E-state index is 14.2. The van der Waals surface area contributed by atoms with E-state index in [-0.39, 0.29) is 6.54 Å². The van der Waals surface area contributed by atoms with Crippen LogP contribution in [-0.2, 0) is 44.8 Å². The second-order valence-corrected chi connectivity index (χ2v) is 14.4. The molecule has 16 N–H and O–H groups in total. The Morgan fingerprint density at radius 2 is 1.67 bits per heavy atom. The van der Waals surface area contributed by atoms with Gasteiger partial charge in [0.2, 0.25) is 23.6 Å². The lowest BCUT2D eigenvalue weighted by atomic mass is 9.77. The summed E-state index contributed by atoms with van der Waals surface area (Å²) in [7, 11) is -5.39. The van der Waals surface area contributed by atoms with E-state index in [9.17, 15) is 82.6 Å². The lowest BCUT2D eigenvalue weighted by Crippen LogP contribution is -2.68. The number of β-amino-alcohol motifs (C(OH)–C–C–N with tert-alkyl or cyclic N) is 1. The lowest BCUT2D eigenvalue weighted by molar-refractivity contribution is -0.163. The number of nitrogens with one attached hydrogen (secondary N) is 3. The van der Waals surface area contributed by atoms with Crippen LogP contribution in [0, 0.1) is 5.92 Å². The molecule has 1 aromatic rings. The molecule has 2 aliphatic rings. The minimum absolute atomic E-state index is 0.234. The number of nitrogens with zero attached hydrogens (tertiary/aromatic N) is 1. The van der Waals surface area contributed by atoms with Gasteiger partial charge in [0.15, 0.2) is 28.9 Å². The van der Waals surface area contributed by atoms with Gasteiger partial charge in [0.05, 0.1) is 36.9 Å². The maximum Gasteiger partial charge on any atom is 0.446 e. The summed E-state index contributed by atoms with van der Waals surface area (Å²) >= 11 is 0. The Hall–Kier alpha value is -4.57. The van der Waals surface area contributed by atoms with Crippen molar-refractivity contribution in [3.63, 3.8) is 0 Å². The second kappa shape index (κ2) is 17.5. The first kappa shape index (κ1) is 44.8. The number of nitrogens with two attached hydrogens (primary N) is 2. The van der Waals surface area contributed by atoms with Crippen molar-refractivity contribution in [2.75, 3.05) is 13.1 Å². The van der Waals surface area contributed by atoms with Gasteiger partial charge in [-0.2, -0.15) is 8.42 Å². The Morgan fingerprint density at radius 3 is 2.18 bits per heavy atom. The highest BCUT2D eigenvalue weighted by Crippen LogP contribution is 2.37. The van der Waals surface area contributed by atoms with E-state index in [1.54, 1.807) is 0 Å².